The summed E-state index contributed by atoms with van der Waals surface area (Å²) in [5.41, 5.74) is -1.31. The molecule has 17 heavy (non-hydrogen) atoms. The molecule has 7 heteroatoms. The van der Waals surface area contributed by atoms with Gasteiger partial charge in [0.25, 0.3) is 0 Å². The number of hydrogen-bond donors (Lipinski definition) is 1. The Morgan fingerprint density at radius 1 is 1.00 bits per heavy atom. The van der Waals surface area contributed by atoms with Crippen LogP contribution in [0.25, 0.3) is 0 Å². The molecular weight excluding hydrogens is 247 g/mol. The molecule has 0 fully saturated rings. The summed E-state index contributed by atoms with van der Waals surface area (Å²) in [5.74, 6) is -14.2. The van der Waals surface area contributed by atoms with Crippen molar-refractivity contribution in [3.8, 4) is 0 Å². The van der Waals surface area contributed by atoms with Crippen LogP contribution in [0.15, 0.2) is 0 Å². The van der Waals surface area contributed by atoms with Crippen molar-refractivity contribution in [2.24, 2.45) is 0 Å². The minimum Gasteiger partial charge on any atom is -0.481 e. The zero-order valence-electron chi connectivity index (χ0n) is 8.53. The lowest BCUT2D eigenvalue weighted by Gasteiger charge is -2.13. The summed E-state index contributed by atoms with van der Waals surface area (Å²) in [6.07, 6.45) is -0.298. The highest BCUT2D eigenvalue weighted by Crippen LogP contribution is 2.30. The molecule has 1 unspecified atom stereocenters. The number of carbonyl (C=O) groups is 1. The molecular formula is C10H7F5O2. The molecule has 2 nitrogen and oxygen atoms in total. The van der Waals surface area contributed by atoms with E-state index in [1.54, 1.807) is 0 Å². The molecule has 1 N–H and O–H groups in total. The van der Waals surface area contributed by atoms with E-state index in [1.165, 1.54) is 6.92 Å². The van der Waals surface area contributed by atoms with Gasteiger partial charge in [-0.05, 0) is 6.42 Å². The Labute approximate surface area is 92.7 Å². The predicted octanol–water partition coefficient (Wildman–Crippen LogP) is 2.96. The lowest BCUT2D eigenvalue weighted by Crippen LogP contribution is -2.17. The van der Waals surface area contributed by atoms with Gasteiger partial charge in [-0.3, -0.25) is 4.79 Å². The molecule has 1 atom stereocenters. The largest absolute Gasteiger partial charge is 0.481 e. The Balaban J connectivity index is 3.58. The van der Waals surface area contributed by atoms with Gasteiger partial charge in [-0.25, -0.2) is 22.0 Å². The van der Waals surface area contributed by atoms with Crippen molar-refractivity contribution in [3.63, 3.8) is 0 Å². The summed E-state index contributed by atoms with van der Waals surface area (Å²) in [5, 5.41) is 8.65. The predicted molar refractivity (Wildman–Crippen MR) is 46.9 cm³/mol. The summed E-state index contributed by atoms with van der Waals surface area (Å²) >= 11 is 0. The van der Waals surface area contributed by atoms with Gasteiger partial charge in [0.1, 0.15) is 0 Å². The fourth-order valence-corrected chi connectivity index (χ4v) is 1.43. The Hall–Kier alpha value is -1.66. The summed E-state index contributed by atoms with van der Waals surface area (Å²) < 4.78 is 64.7. The molecule has 0 spiro atoms. The molecule has 1 aromatic rings. The van der Waals surface area contributed by atoms with E-state index in [0.29, 0.717) is 0 Å². The molecule has 0 aromatic heterocycles. The minimum atomic E-state index is -2.30. The minimum absolute atomic E-state index is 0.298. The molecule has 0 saturated carbocycles. The third kappa shape index (κ3) is 2.09. The third-order valence-electron chi connectivity index (χ3n) is 2.30. The smallest absolute Gasteiger partial charge is 0.311 e. The van der Waals surface area contributed by atoms with Crippen LogP contribution in [0.4, 0.5) is 22.0 Å². The average Bonchev–Trinajstić information content (AvgIpc) is 2.29. The van der Waals surface area contributed by atoms with Crippen molar-refractivity contribution in [1.29, 1.82) is 0 Å². The maximum atomic E-state index is 13.2. The molecule has 0 amide bonds. The van der Waals surface area contributed by atoms with Crippen molar-refractivity contribution >= 4 is 5.97 Å². The first kappa shape index (κ1) is 13.4. The van der Waals surface area contributed by atoms with Gasteiger partial charge in [0.15, 0.2) is 23.3 Å². The van der Waals surface area contributed by atoms with E-state index in [9.17, 15) is 26.7 Å². The van der Waals surface area contributed by atoms with Crippen molar-refractivity contribution < 1.29 is 31.9 Å². The van der Waals surface area contributed by atoms with Gasteiger partial charge < -0.3 is 5.11 Å². The second-order valence-electron chi connectivity index (χ2n) is 3.28. The normalized spacial score (nSPS) is 12.6. The van der Waals surface area contributed by atoms with Crippen LogP contribution in [0.1, 0.15) is 24.8 Å². The van der Waals surface area contributed by atoms with Crippen molar-refractivity contribution in [2.45, 2.75) is 19.3 Å². The lowest BCUT2D eigenvalue weighted by molar-refractivity contribution is -0.139. The number of benzene rings is 1. The molecule has 0 bridgehead atoms. The molecule has 0 aliphatic heterocycles. The second-order valence-corrected chi connectivity index (χ2v) is 3.28. The fourth-order valence-electron chi connectivity index (χ4n) is 1.43. The second kappa shape index (κ2) is 4.68. The number of rotatable bonds is 3. The van der Waals surface area contributed by atoms with Gasteiger partial charge in [-0.2, -0.15) is 0 Å². The van der Waals surface area contributed by atoms with Crippen LogP contribution < -0.4 is 0 Å². The highest BCUT2D eigenvalue weighted by molar-refractivity contribution is 5.76. The Bertz CT molecular complexity index is 443. The third-order valence-corrected chi connectivity index (χ3v) is 2.30. The molecule has 0 aliphatic rings. The monoisotopic (exact) mass is 254 g/mol. The van der Waals surface area contributed by atoms with Gasteiger partial charge >= 0.3 is 5.97 Å². The molecule has 94 valence electrons. The fraction of sp³-hybridized carbons (Fsp3) is 0.300. The van der Waals surface area contributed by atoms with Crippen LogP contribution in [0.2, 0.25) is 0 Å². The van der Waals surface area contributed by atoms with Gasteiger partial charge in [0.05, 0.1) is 5.92 Å². The van der Waals surface area contributed by atoms with Crippen molar-refractivity contribution in [3.05, 3.63) is 34.6 Å². The van der Waals surface area contributed by atoms with Crippen LogP contribution in [0.5, 0.6) is 0 Å². The molecule has 1 rings (SSSR count). The van der Waals surface area contributed by atoms with E-state index >= 15 is 0 Å². The molecule has 0 aliphatic carbocycles. The topological polar surface area (TPSA) is 37.3 Å². The maximum Gasteiger partial charge on any atom is 0.311 e. The summed E-state index contributed by atoms with van der Waals surface area (Å²) in [6.45, 7) is 1.26. The van der Waals surface area contributed by atoms with E-state index in [1.807, 2.05) is 0 Å². The molecule has 0 heterocycles. The van der Waals surface area contributed by atoms with Crippen LogP contribution in [0.3, 0.4) is 0 Å². The standard InChI is InChI=1S/C10H7F5O2/c1-2-3(10(16)17)4-5(11)7(13)9(15)8(14)6(4)12/h3H,2H2,1H3,(H,16,17). The summed E-state index contributed by atoms with van der Waals surface area (Å²) in [6, 6.07) is 0. The average molecular weight is 254 g/mol. The summed E-state index contributed by atoms with van der Waals surface area (Å²) in [4.78, 5) is 10.7. The lowest BCUT2D eigenvalue weighted by atomic mass is 9.95. The van der Waals surface area contributed by atoms with E-state index < -0.39 is 46.5 Å². The first-order valence-electron chi connectivity index (χ1n) is 4.57. The first-order valence-corrected chi connectivity index (χ1v) is 4.57. The first-order chi connectivity index (χ1) is 7.82. The SMILES string of the molecule is CCC(C(=O)O)c1c(F)c(F)c(F)c(F)c1F. The molecule has 1 aromatic carbocycles. The van der Waals surface area contributed by atoms with Crippen LogP contribution in [-0.4, -0.2) is 11.1 Å². The van der Waals surface area contributed by atoms with Crippen LogP contribution in [0, 0.1) is 29.1 Å². The highest BCUT2D eigenvalue weighted by Gasteiger charge is 2.32. The Morgan fingerprint density at radius 3 is 1.65 bits per heavy atom. The Kier molecular flexibility index (Phi) is 3.69. The van der Waals surface area contributed by atoms with Gasteiger partial charge in [0.2, 0.25) is 5.82 Å². The van der Waals surface area contributed by atoms with Crippen LogP contribution in [-0.2, 0) is 4.79 Å². The van der Waals surface area contributed by atoms with E-state index in [2.05, 4.69) is 0 Å². The van der Waals surface area contributed by atoms with E-state index in [4.69, 9.17) is 5.11 Å². The zero-order chi connectivity index (χ0) is 13.3. The number of aliphatic carboxylic acids is 1. The van der Waals surface area contributed by atoms with Crippen molar-refractivity contribution in [1.82, 2.24) is 0 Å². The number of halogens is 5. The van der Waals surface area contributed by atoms with Crippen molar-refractivity contribution in [2.75, 3.05) is 0 Å². The number of hydrogen-bond acceptors (Lipinski definition) is 1. The highest BCUT2D eigenvalue weighted by atomic mass is 19.2. The van der Waals surface area contributed by atoms with Gasteiger partial charge in [-0.15, -0.1) is 0 Å². The van der Waals surface area contributed by atoms with E-state index in [-0.39, 0.29) is 6.42 Å². The zero-order valence-corrected chi connectivity index (χ0v) is 8.53. The van der Waals surface area contributed by atoms with Crippen LogP contribution >= 0.6 is 0 Å². The number of carboxylic acids is 1. The number of carboxylic acid groups (broad SMARTS) is 1. The molecule has 0 radical (unpaired) electrons. The summed E-state index contributed by atoms with van der Waals surface area (Å²) in [7, 11) is 0. The van der Waals surface area contributed by atoms with Gasteiger partial charge in [-0.1, -0.05) is 6.92 Å². The van der Waals surface area contributed by atoms with E-state index in [0.717, 1.165) is 0 Å². The maximum absolute atomic E-state index is 13.2. The Morgan fingerprint density at radius 2 is 1.35 bits per heavy atom. The van der Waals surface area contributed by atoms with Gasteiger partial charge in [0, 0.05) is 5.56 Å². The quantitative estimate of drug-likeness (QED) is 0.511. The molecule has 0 saturated heterocycles.